The Hall–Kier alpha value is -3.00. The number of anilines is 1. The topological polar surface area (TPSA) is 66.0 Å². The number of halogens is 1. The molecule has 1 aromatic heterocycles. The lowest BCUT2D eigenvalue weighted by Gasteiger charge is -2.19. The Morgan fingerprint density at radius 3 is 2.87 bits per heavy atom. The molecule has 4 rings (SSSR count). The Bertz CT molecular complexity index is 1090. The maximum atomic E-state index is 13.1. The highest BCUT2D eigenvalue weighted by molar-refractivity contribution is 7.71. The van der Waals surface area contributed by atoms with Gasteiger partial charge in [-0.15, -0.1) is 0 Å². The van der Waals surface area contributed by atoms with Crippen LogP contribution in [0.4, 0.5) is 10.1 Å². The van der Waals surface area contributed by atoms with Gasteiger partial charge in [-0.1, -0.05) is 23.8 Å². The lowest BCUT2D eigenvalue weighted by atomic mass is 10.1. The van der Waals surface area contributed by atoms with E-state index in [9.17, 15) is 9.18 Å². The molecule has 3 aromatic rings. The molecule has 0 spiro atoms. The van der Waals surface area contributed by atoms with Gasteiger partial charge in [0.1, 0.15) is 12.4 Å². The highest BCUT2D eigenvalue weighted by Gasteiger charge is 2.23. The van der Waals surface area contributed by atoms with Crippen LogP contribution in [0.5, 0.6) is 0 Å². The molecule has 2 N–H and O–H groups in total. The van der Waals surface area contributed by atoms with Gasteiger partial charge in [-0.05, 0) is 61.8 Å². The SMILES string of the molecule is Cc1cccc(-c2n[nH]c(=S)n2CC(=O)NCC2CCN(c3ccc(F)cc3)C2)c1. The molecule has 1 saturated heterocycles. The van der Waals surface area contributed by atoms with E-state index in [1.807, 2.05) is 31.2 Å². The average Bonchev–Trinajstić information content (AvgIpc) is 3.34. The summed E-state index contributed by atoms with van der Waals surface area (Å²) >= 11 is 5.33. The molecule has 0 aliphatic carbocycles. The lowest BCUT2D eigenvalue weighted by molar-refractivity contribution is -0.121. The second kappa shape index (κ2) is 8.79. The van der Waals surface area contributed by atoms with E-state index >= 15 is 0 Å². The maximum absolute atomic E-state index is 13.1. The van der Waals surface area contributed by atoms with Gasteiger partial charge in [0, 0.05) is 30.9 Å². The van der Waals surface area contributed by atoms with Crippen molar-refractivity contribution in [1.82, 2.24) is 20.1 Å². The van der Waals surface area contributed by atoms with Gasteiger partial charge in [0.25, 0.3) is 0 Å². The standard InChI is InChI=1S/C22H24FN5OS/c1-15-3-2-4-17(11-15)21-25-26-22(30)28(21)14-20(29)24-12-16-9-10-27(13-16)19-7-5-18(23)6-8-19/h2-8,11,16H,9-10,12-14H2,1H3,(H,24,29)(H,26,30). The van der Waals surface area contributed by atoms with Gasteiger partial charge in [-0.2, -0.15) is 5.10 Å². The number of benzene rings is 2. The molecule has 2 heterocycles. The summed E-state index contributed by atoms with van der Waals surface area (Å²) in [6.07, 6.45) is 0.983. The van der Waals surface area contributed by atoms with Gasteiger partial charge < -0.3 is 10.2 Å². The Morgan fingerprint density at radius 2 is 2.10 bits per heavy atom. The van der Waals surface area contributed by atoms with Crippen LogP contribution in [0.25, 0.3) is 11.4 Å². The van der Waals surface area contributed by atoms with E-state index in [0.717, 1.165) is 36.3 Å². The first-order valence-electron chi connectivity index (χ1n) is 9.99. The summed E-state index contributed by atoms with van der Waals surface area (Å²) in [5.41, 5.74) is 3.04. The third kappa shape index (κ3) is 4.59. The highest BCUT2D eigenvalue weighted by Crippen LogP contribution is 2.23. The molecule has 1 aliphatic heterocycles. The molecule has 0 bridgehead atoms. The molecular formula is C22H24FN5OS. The maximum Gasteiger partial charge on any atom is 0.240 e. The zero-order valence-electron chi connectivity index (χ0n) is 16.8. The van der Waals surface area contributed by atoms with E-state index < -0.39 is 0 Å². The van der Waals surface area contributed by atoms with Crippen molar-refractivity contribution in [3.8, 4) is 11.4 Å². The van der Waals surface area contributed by atoms with Crippen LogP contribution in [0.1, 0.15) is 12.0 Å². The van der Waals surface area contributed by atoms with Crippen LogP contribution in [0.3, 0.4) is 0 Å². The molecule has 6 nitrogen and oxygen atoms in total. The van der Waals surface area contributed by atoms with Gasteiger partial charge >= 0.3 is 0 Å². The molecule has 1 aliphatic rings. The number of nitrogens with zero attached hydrogens (tertiary/aromatic N) is 3. The Morgan fingerprint density at radius 1 is 1.30 bits per heavy atom. The van der Waals surface area contributed by atoms with Crippen molar-refractivity contribution in [2.75, 3.05) is 24.5 Å². The number of aryl methyl sites for hydroxylation is 1. The van der Waals surface area contributed by atoms with E-state index in [2.05, 4.69) is 20.4 Å². The van der Waals surface area contributed by atoms with Crippen molar-refractivity contribution in [3.63, 3.8) is 0 Å². The molecule has 1 unspecified atom stereocenters. The first-order valence-corrected chi connectivity index (χ1v) is 10.4. The summed E-state index contributed by atoms with van der Waals surface area (Å²) in [4.78, 5) is 14.8. The molecule has 0 saturated carbocycles. The molecule has 8 heteroatoms. The number of hydrogen-bond donors (Lipinski definition) is 2. The summed E-state index contributed by atoms with van der Waals surface area (Å²) in [7, 11) is 0. The van der Waals surface area contributed by atoms with Gasteiger partial charge in [0.2, 0.25) is 5.91 Å². The Kier molecular flexibility index (Phi) is 5.94. The molecule has 156 valence electrons. The molecular weight excluding hydrogens is 401 g/mol. The van der Waals surface area contributed by atoms with Crippen LogP contribution in [-0.2, 0) is 11.3 Å². The van der Waals surface area contributed by atoms with Crippen LogP contribution in [0.2, 0.25) is 0 Å². The third-order valence-corrected chi connectivity index (χ3v) is 5.71. The second-order valence-corrected chi connectivity index (χ2v) is 8.08. The van der Waals surface area contributed by atoms with E-state index in [-0.39, 0.29) is 18.3 Å². The summed E-state index contributed by atoms with van der Waals surface area (Å²) in [5.74, 6) is 0.682. The number of carbonyl (C=O) groups is 1. The summed E-state index contributed by atoms with van der Waals surface area (Å²) in [5, 5.41) is 10.1. The number of amides is 1. The zero-order valence-corrected chi connectivity index (χ0v) is 17.6. The third-order valence-electron chi connectivity index (χ3n) is 5.40. The number of nitrogens with one attached hydrogen (secondary N) is 2. The molecule has 1 atom stereocenters. The monoisotopic (exact) mass is 425 g/mol. The largest absolute Gasteiger partial charge is 0.371 e. The first-order chi connectivity index (χ1) is 14.5. The number of carbonyl (C=O) groups excluding carboxylic acids is 1. The minimum absolute atomic E-state index is 0.0957. The second-order valence-electron chi connectivity index (χ2n) is 7.69. The molecule has 30 heavy (non-hydrogen) atoms. The fraction of sp³-hybridized carbons (Fsp3) is 0.318. The zero-order chi connectivity index (χ0) is 21.1. The van der Waals surface area contributed by atoms with Crippen LogP contribution in [0.15, 0.2) is 48.5 Å². The summed E-state index contributed by atoms with van der Waals surface area (Å²) in [6.45, 7) is 4.47. The van der Waals surface area contributed by atoms with Crippen LogP contribution in [0, 0.1) is 23.4 Å². The Balaban J connectivity index is 1.34. The van der Waals surface area contributed by atoms with Gasteiger partial charge in [-0.25, -0.2) is 4.39 Å². The number of H-pyrrole nitrogens is 1. The first kappa shape index (κ1) is 20.3. The predicted molar refractivity (Wildman–Crippen MR) is 117 cm³/mol. The summed E-state index contributed by atoms with van der Waals surface area (Å²) < 4.78 is 15.3. The molecule has 1 fully saturated rings. The number of aromatic nitrogens is 3. The number of hydrogen-bond acceptors (Lipinski definition) is 4. The molecule has 1 amide bonds. The van der Waals surface area contributed by atoms with Crippen LogP contribution in [-0.4, -0.2) is 40.3 Å². The molecule has 2 aromatic carbocycles. The van der Waals surface area contributed by atoms with Crippen molar-refractivity contribution in [2.24, 2.45) is 5.92 Å². The van der Waals surface area contributed by atoms with Gasteiger partial charge in [0.05, 0.1) is 0 Å². The van der Waals surface area contributed by atoms with Gasteiger partial charge in [0.15, 0.2) is 10.6 Å². The van der Waals surface area contributed by atoms with E-state index in [4.69, 9.17) is 12.2 Å². The summed E-state index contributed by atoms with van der Waals surface area (Å²) in [6, 6.07) is 14.5. The molecule has 0 radical (unpaired) electrons. The van der Waals surface area contributed by atoms with Gasteiger partial charge in [-0.3, -0.25) is 14.5 Å². The van der Waals surface area contributed by atoms with Crippen molar-refractivity contribution < 1.29 is 9.18 Å². The van der Waals surface area contributed by atoms with Crippen LogP contribution >= 0.6 is 12.2 Å². The Labute approximate surface area is 179 Å². The number of rotatable bonds is 6. The lowest BCUT2D eigenvalue weighted by Crippen LogP contribution is -2.33. The number of aromatic amines is 1. The van der Waals surface area contributed by atoms with E-state index in [1.165, 1.54) is 12.1 Å². The fourth-order valence-electron chi connectivity index (χ4n) is 3.81. The van der Waals surface area contributed by atoms with Crippen LogP contribution < -0.4 is 10.2 Å². The van der Waals surface area contributed by atoms with Crippen molar-refractivity contribution >= 4 is 23.8 Å². The minimum atomic E-state index is -0.232. The fourth-order valence-corrected chi connectivity index (χ4v) is 4.01. The minimum Gasteiger partial charge on any atom is -0.371 e. The van der Waals surface area contributed by atoms with E-state index in [0.29, 0.717) is 23.1 Å². The van der Waals surface area contributed by atoms with E-state index in [1.54, 1.807) is 16.7 Å². The normalized spacial score (nSPS) is 16.1. The van der Waals surface area contributed by atoms with Crippen molar-refractivity contribution in [2.45, 2.75) is 19.9 Å². The quantitative estimate of drug-likeness (QED) is 0.591. The highest BCUT2D eigenvalue weighted by atomic mass is 32.1. The average molecular weight is 426 g/mol. The smallest absolute Gasteiger partial charge is 0.240 e. The van der Waals surface area contributed by atoms with Crippen molar-refractivity contribution in [1.29, 1.82) is 0 Å². The van der Waals surface area contributed by atoms with Crippen molar-refractivity contribution in [3.05, 3.63) is 64.7 Å². The predicted octanol–water partition coefficient (Wildman–Crippen LogP) is 3.70.